The number of carboxylic acid groups (broad SMARTS) is 2. The van der Waals surface area contributed by atoms with Crippen molar-refractivity contribution in [3.05, 3.63) is 0 Å². The quantitative estimate of drug-likeness (QED) is 0.117. The highest BCUT2D eigenvalue weighted by atomic mass is 127. The molecule has 0 radical (unpaired) electrons. The topological polar surface area (TPSA) is 171 Å². The van der Waals surface area contributed by atoms with E-state index < -0.39 is 19.3 Å². The van der Waals surface area contributed by atoms with Gasteiger partial charge in [0.15, 0.2) is 0 Å². The van der Waals surface area contributed by atoms with Gasteiger partial charge in [0.25, 0.3) is 0 Å². The van der Waals surface area contributed by atoms with Crippen molar-refractivity contribution in [2.24, 2.45) is 11.3 Å². The minimum atomic E-state index is -2.17. The van der Waals surface area contributed by atoms with Crippen LogP contribution in [0.2, 0.25) is 0 Å². The summed E-state index contributed by atoms with van der Waals surface area (Å²) >= 11 is 2.27. The monoisotopic (exact) mass is 423 g/mol. The Hall–Kier alpha value is -0.465. The molecule has 7 N–H and O–H groups in total. The molecule has 126 valence electrons. The molecule has 0 aliphatic rings. The number of aliphatic carboxylic acids is 2. The molecular weight excluding hydrogens is 400 g/mol. The molecule has 0 rings (SSSR count). The normalized spacial score (nSPS) is 11.2. The van der Waals surface area contributed by atoms with Gasteiger partial charge in [-0.2, -0.15) is 0 Å². The maximum Gasteiger partial charge on any atom is 0.631 e. The largest absolute Gasteiger partial charge is 0.631 e. The second-order valence-electron chi connectivity index (χ2n) is 3.83. The molecule has 11 heteroatoms. The third-order valence-corrected chi connectivity index (χ3v) is 4.51. The first-order valence-electron chi connectivity index (χ1n) is 6.04. The smallest absolute Gasteiger partial charge is 0.473 e. The highest BCUT2D eigenvalue weighted by molar-refractivity contribution is 14.1. The molecular formula is C10H23BINO8. The van der Waals surface area contributed by atoms with Crippen LogP contribution in [-0.2, 0) is 14.4 Å². The first kappa shape index (κ1) is 25.5. The fourth-order valence-corrected chi connectivity index (χ4v) is 2.70. The van der Waals surface area contributed by atoms with Gasteiger partial charge >= 0.3 is 19.3 Å². The molecule has 0 bridgehead atoms. The minimum absolute atomic E-state index is 0.139. The molecule has 0 aliphatic carbocycles. The van der Waals surface area contributed by atoms with Crippen molar-refractivity contribution in [2.75, 3.05) is 0 Å². The van der Waals surface area contributed by atoms with Crippen LogP contribution in [0.3, 0.4) is 0 Å². The van der Waals surface area contributed by atoms with Gasteiger partial charge in [-0.15, -0.1) is 0 Å². The Morgan fingerprint density at radius 2 is 1.33 bits per heavy atom. The lowest BCUT2D eigenvalue weighted by atomic mass is 9.81. The Kier molecular flexibility index (Phi) is 17.6. The van der Waals surface area contributed by atoms with Gasteiger partial charge in [-0.1, -0.05) is 20.8 Å². The van der Waals surface area contributed by atoms with Gasteiger partial charge in [0.2, 0.25) is 0 Å². The highest BCUT2D eigenvalue weighted by Crippen LogP contribution is 2.38. The van der Waals surface area contributed by atoms with Crippen LogP contribution in [0.15, 0.2) is 0 Å². The van der Waals surface area contributed by atoms with Crippen LogP contribution in [0, 0.1) is 5.41 Å². The Balaban J connectivity index is -0.000000272. The summed E-state index contributed by atoms with van der Waals surface area (Å²) in [5.41, 5.74) is 0.273. The van der Waals surface area contributed by atoms with Crippen LogP contribution >= 0.6 is 22.6 Å². The van der Waals surface area contributed by atoms with E-state index in [1.807, 2.05) is 0 Å². The fraction of sp³-hybridized carbons (Fsp3) is 0.800. The summed E-state index contributed by atoms with van der Waals surface area (Å²) in [6.45, 7) is 6.58. The van der Waals surface area contributed by atoms with Crippen LogP contribution in [0.5, 0.6) is 0 Å². The van der Waals surface area contributed by atoms with Gasteiger partial charge in [-0.3, -0.25) is 4.84 Å². The summed E-state index contributed by atoms with van der Waals surface area (Å²) in [6, 6.07) is 0. The number of alkyl halides is 1. The number of carboxylic acids is 2. The van der Waals surface area contributed by atoms with E-state index in [0.717, 1.165) is 19.3 Å². The molecule has 0 heterocycles. The number of hydrogen-bond donors (Lipinski definition) is 6. The summed E-state index contributed by atoms with van der Waals surface area (Å²) in [5.74, 6) is 1.53. The molecule has 0 aromatic heterocycles. The third-order valence-electron chi connectivity index (χ3n) is 2.90. The summed E-state index contributed by atoms with van der Waals surface area (Å²) in [5, 5.41) is 36.3. The Morgan fingerprint density at radius 3 is 1.38 bits per heavy atom. The maximum absolute atomic E-state index is 9.10. The van der Waals surface area contributed by atoms with Gasteiger partial charge in [-0.05, 0) is 41.9 Å². The van der Waals surface area contributed by atoms with Crippen molar-refractivity contribution in [1.29, 1.82) is 0 Å². The van der Waals surface area contributed by atoms with Gasteiger partial charge in [-0.25, -0.2) is 15.5 Å². The van der Waals surface area contributed by atoms with E-state index in [4.69, 9.17) is 45.6 Å². The van der Waals surface area contributed by atoms with Crippen molar-refractivity contribution in [3.8, 4) is 0 Å². The van der Waals surface area contributed by atoms with E-state index in [0.29, 0.717) is 0 Å². The average Bonchev–Trinajstić information content (AvgIpc) is 2.41. The molecule has 0 aromatic rings. The van der Waals surface area contributed by atoms with E-state index >= 15 is 0 Å². The van der Waals surface area contributed by atoms with Crippen LogP contribution in [0.1, 0.15) is 40.0 Å². The van der Waals surface area contributed by atoms with E-state index in [9.17, 15) is 0 Å². The zero-order valence-corrected chi connectivity index (χ0v) is 14.3. The average molecular weight is 423 g/mol. The van der Waals surface area contributed by atoms with Crippen LogP contribution in [0.25, 0.3) is 0 Å². The minimum Gasteiger partial charge on any atom is -0.473 e. The molecule has 1 atom stereocenters. The summed E-state index contributed by atoms with van der Waals surface area (Å²) < 4.78 is 0.139. The first-order valence-corrected chi connectivity index (χ1v) is 7.29. The van der Waals surface area contributed by atoms with Crippen molar-refractivity contribution in [2.45, 2.75) is 44.1 Å². The molecule has 0 saturated heterocycles. The lowest BCUT2D eigenvalue weighted by Gasteiger charge is -2.33. The molecule has 1 unspecified atom stereocenters. The number of carbonyl (C=O) groups is 2. The molecule has 9 nitrogen and oxygen atoms in total. The summed E-state index contributed by atoms with van der Waals surface area (Å²) in [7, 11) is -2.17. The Labute approximate surface area is 137 Å². The molecule has 0 fully saturated rings. The summed E-state index contributed by atoms with van der Waals surface area (Å²) in [6.07, 6.45) is 3.39. The molecule has 21 heavy (non-hydrogen) atoms. The van der Waals surface area contributed by atoms with E-state index in [-0.39, 0.29) is 9.53 Å². The van der Waals surface area contributed by atoms with Crippen LogP contribution in [-0.4, -0.2) is 48.7 Å². The predicted octanol–water partition coefficient (Wildman–Crippen LogP) is -0.0420. The standard InChI is InChI=1S/C8H18INO.C2H2O4.BH3O3/c1-4-8(5-2,6-3)7(9)11-10;3-1(4)2(5)6;2-1(3)4/h7H,4-6,10H2,1-3H3;(H,3,4)(H,5,6);2-4H. The number of rotatable bonds is 5. The number of halogens is 1. The van der Waals surface area contributed by atoms with E-state index in [2.05, 4.69) is 43.4 Å². The molecule has 0 aromatic carbocycles. The zero-order chi connectivity index (χ0) is 17.6. The highest BCUT2D eigenvalue weighted by Gasteiger charge is 2.32. The second-order valence-corrected chi connectivity index (χ2v) is 4.96. The predicted molar refractivity (Wildman–Crippen MR) is 84.1 cm³/mol. The molecule has 0 aliphatic heterocycles. The Morgan fingerprint density at radius 1 is 1.10 bits per heavy atom. The van der Waals surface area contributed by atoms with E-state index in [1.165, 1.54) is 0 Å². The summed E-state index contributed by atoms with van der Waals surface area (Å²) in [4.78, 5) is 23.1. The zero-order valence-electron chi connectivity index (χ0n) is 12.2. The van der Waals surface area contributed by atoms with Crippen LogP contribution in [0.4, 0.5) is 0 Å². The molecule has 0 saturated carbocycles. The van der Waals surface area contributed by atoms with Crippen molar-refractivity contribution >= 4 is 41.9 Å². The maximum atomic E-state index is 9.10. The molecule has 0 amide bonds. The van der Waals surface area contributed by atoms with Gasteiger partial charge in [0.1, 0.15) is 4.11 Å². The second kappa shape index (κ2) is 14.5. The lowest BCUT2D eigenvalue weighted by molar-refractivity contribution is -0.159. The third kappa shape index (κ3) is 14.2. The van der Waals surface area contributed by atoms with Gasteiger partial charge in [0, 0.05) is 5.41 Å². The van der Waals surface area contributed by atoms with Crippen LogP contribution < -0.4 is 5.90 Å². The van der Waals surface area contributed by atoms with E-state index in [1.54, 1.807) is 0 Å². The SMILES string of the molecule is CCC(CC)(CC)C(I)ON.O=C(O)C(=O)O.OB(O)O. The number of nitrogens with two attached hydrogens (primary N) is 1. The Bertz CT molecular complexity index is 265. The fourth-order valence-electron chi connectivity index (χ4n) is 1.38. The van der Waals surface area contributed by atoms with Gasteiger partial charge < -0.3 is 25.3 Å². The molecule has 0 spiro atoms. The number of hydrogen-bond acceptors (Lipinski definition) is 7. The van der Waals surface area contributed by atoms with Crippen molar-refractivity contribution in [3.63, 3.8) is 0 Å². The van der Waals surface area contributed by atoms with Gasteiger partial charge in [0.05, 0.1) is 0 Å². The lowest BCUT2D eigenvalue weighted by Crippen LogP contribution is -2.33. The first-order chi connectivity index (χ1) is 9.54. The van der Waals surface area contributed by atoms with Crippen molar-refractivity contribution in [1.82, 2.24) is 0 Å². The van der Waals surface area contributed by atoms with Crippen molar-refractivity contribution < 1.29 is 39.7 Å².